The number of carboxylic acids is 1. The van der Waals surface area contributed by atoms with Crippen molar-refractivity contribution in [3.8, 4) is 0 Å². The van der Waals surface area contributed by atoms with Gasteiger partial charge in [0.25, 0.3) is 0 Å². The maximum absolute atomic E-state index is 12.1. The number of likely N-dealkylation sites (tertiary alicyclic amines) is 1. The third-order valence-corrected chi connectivity index (χ3v) is 4.39. The van der Waals surface area contributed by atoms with Crippen molar-refractivity contribution in [2.24, 2.45) is 17.3 Å². The highest BCUT2D eigenvalue weighted by molar-refractivity contribution is 6.10. The molecule has 0 aromatic heterocycles. The van der Waals surface area contributed by atoms with E-state index in [2.05, 4.69) is 5.32 Å². The fourth-order valence-electron chi connectivity index (χ4n) is 2.73. The quantitative estimate of drug-likeness (QED) is 0.672. The Balaban J connectivity index is 2.17. The fraction of sp³-hybridized carbons (Fsp3) is 0.750. The first-order valence-electron chi connectivity index (χ1n) is 5.94. The lowest BCUT2D eigenvalue weighted by Crippen LogP contribution is -2.57. The van der Waals surface area contributed by atoms with E-state index in [1.165, 1.54) is 14.0 Å². The second kappa shape index (κ2) is 3.54. The van der Waals surface area contributed by atoms with Crippen LogP contribution in [-0.2, 0) is 14.4 Å². The minimum atomic E-state index is -1.30. The van der Waals surface area contributed by atoms with Gasteiger partial charge in [0.15, 0.2) is 0 Å². The Bertz CT molecular complexity index is 421. The Labute approximate surface area is 105 Å². The van der Waals surface area contributed by atoms with Crippen molar-refractivity contribution in [2.75, 3.05) is 13.6 Å². The molecule has 2 aliphatic rings. The van der Waals surface area contributed by atoms with Gasteiger partial charge >= 0.3 is 5.97 Å². The van der Waals surface area contributed by atoms with Gasteiger partial charge in [-0.15, -0.1) is 0 Å². The molecule has 1 aliphatic carbocycles. The molecule has 1 heterocycles. The van der Waals surface area contributed by atoms with Crippen molar-refractivity contribution in [3.63, 3.8) is 0 Å². The number of imide groups is 1. The predicted octanol–water partition coefficient (Wildman–Crippen LogP) is -0.310. The fourth-order valence-corrected chi connectivity index (χ4v) is 2.73. The van der Waals surface area contributed by atoms with E-state index < -0.39 is 11.5 Å². The summed E-state index contributed by atoms with van der Waals surface area (Å²) in [5, 5.41) is 11.8. The molecule has 3 atom stereocenters. The number of carbonyl (C=O) groups is 3. The Kier molecular flexibility index (Phi) is 2.56. The maximum atomic E-state index is 12.1. The maximum Gasteiger partial charge on any atom is 0.325 e. The molecule has 6 nitrogen and oxygen atoms in total. The van der Waals surface area contributed by atoms with Crippen molar-refractivity contribution in [1.82, 2.24) is 10.2 Å². The number of carbonyl (C=O) groups excluding carboxylic acids is 2. The zero-order valence-electron chi connectivity index (χ0n) is 11.0. The van der Waals surface area contributed by atoms with Gasteiger partial charge in [0, 0.05) is 0 Å². The molecular formula is C12H18N2O4. The zero-order valence-corrected chi connectivity index (χ0v) is 11.0. The molecule has 2 fully saturated rings. The highest BCUT2D eigenvalue weighted by Crippen LogP contribution is 2.63. The van der Waals surface area contributed by atoms with E-state index in [0.717, 1.165) is 4.90 Å². The van der Waals surface area contributed by atoms with Crippen molar-refractivity contribution in [1.29, 1.82) is 0 Å². The number of carboxylic acid groups (broad SMARTS) is 1. The van der Waals surface area contributed by atoms with E-state index >= 15 is 0 Å². The Morgan fingerprint density at radius 2 is 1.83 bits per heavy atom. The van der Waals surface area contributed by atoms with E-state index in [9.17, 15) is 14.4 Å². The first-order chi connectivity index (χ1) is 8.16. The molecule has 1 saturated carbocycles. The SMILES string of the molecule is CNC(C)(CN1C(=O)C2C(C1=O)C2(C)C)C(=O)O. The second-order valence-electron chi connectivity index (χ2n) is 5.93. The molecule has 2 rings (SSSR count). The van der Waals surface area contributed by atoms with Gasteiger partial charge in [-0.3, -0.25) is 19.3 Å². The second-order valence-corrected chi connectivity index (χ2v) is 5.93. The molecule has 1 saturated heterocycles. The number of nitrogens with zero attached hydrogens (tertiary/aromatic N) is 1. The normalized spacial score (nSPS) is 32.1. The summed E-state index contributed by atoms with van der Waals surface area (Å²) in [5.41, 5.74) is -1.56. The van der Waals surface area contributed by atoms with Gasteiger partial charge in [0.1, 0.15) is 5.54 Å². The summed E-state index contributed by atoms with van der Waals surface area (Å²) in [6.07, 6.45) is 0. The Morgan fingerprint density at radius 1 is 1.39 bits per heavy atom. The Hall–Kier alpha value is -1.43. The van der Waals surface area contributed by atoms with E-state index in [4.69, 9.17) is 5.11 Å². The van der Waals surface area contributed by atoms with Gasteiger partial charge in [-0.1, -0.05) is 13.8 Å². The third kappa shape index (κ3) is 1.48. The number of fused-ring (bicyclic) bond motifs is 1. The number of hydrogen-bond acceptors (Lipinski definition) is 4. The summed E-state index contributed by atoms with van der Waals surface area (Å²) in [7, 11) is 1.50. The van der Waals surface area contributed by atoms with Crippen LogP contribution in [0.2, 0.25) is 0 Å². The van der Waals surface area contributed by atoms with Crippen LogP contribution in [0, 0.1) is 17.3 Å². The average Bonchev–Trinajstić information content (AvgIpc) is 2.76. The number of hydrogen-bond donors (Lipinski definition) is 2. The van der Waals surface area contributed by atoms with Crippen LogP contribution in [-0.4, -0.2) is 46.9 Å². The van der Waals surface area contributed by atoms with E-state index in [1.54, 1.807) is 0 Å². The minimum absolute atomic E-state index is 0.125. The average molecular weight is 254 g/mol. The summed E-state index contributed by atoms with van der Waals surface area (Å²) in [6.45, 7) is 5.12. The zero-order chi connectivity index (χ0) is 13.9. The molecule has 0 aromatic carbocycles. The van der Waals surface area contributed by atoms with E-state index in [0.29, 0.717) is 0 Å². The van der Waals surface area contributed by atoms with Crippen LogP contribution >= 0.6 is 0 Å². The highest BCUT2D eigenvalue weighted by Gasteiger charge is 2.72. The summed E-state index contributed by atoms with van der Waals surface area (Å²) in [4.78, 5) is 36.4. The van der Waals surface area contributed by atoms with Gasteiger partial charge in [0.05, 0.1) is 18.4 Å². The number of likely N-dealkylation sites (N-methyl/N-ethyl adjacent to an activating group) is 1. The molecule has 18 heavy (non-hydrogen) atoms. The van der Waals surface area contributed by atoms with Crippen molar-refractivity contribution in [3.05, 3.63) is 0 Å². The third-order valence-electron chi connectivity index (χ3n) is 4.39. The van der Waals surface area contributed by atoms with Crippen LogP contribution < -0.4 is 5.32 Å². The van der Waals surface area contributed by atoms with Crippen LogP contribution in [0.4, 0.5) is 0 Å². The molecule has 2 N–H and O–H groups in total. The van der Waals surface area contributed by atoms with Crippen LogP contribution in [0.1, 0.15) is 20.8 Å². The van der Waals surface area contributed by atoms with Gasteiger partial charge in [-0.2, -0.15) is 0 Å². The lowest BCUT2D eigenvalue weighted by Gasteiger charge is -2.30. The molecular weight excluding hydrogens is 236 g/mol. The number of piperidine rings is 1. The van der Waals surface area contributed by atoms with E-state index in [1.807, 2.05) is 13.8 Å². The summed E-state index contributed by atoms with van der Waals surface area (Å²) in [5.74, 6) is -2.08. The minimum Gasteiger partial charge on any atom is -0.480 e. The molecule has 3 unspecified atom stereocenters. The topological polar surface area (TPSA) is 86.7 Å². The number of amides is 2. The number of nitrogens with one attached hydrogen (secondary N) is 1. The molecule has 0 bridgehead atoms. The lowest BCUT2D eigenvalue weighted by molar-refractivity contribution is -0.149. The molecule has 2 amide bonds. The number of aliphatic carboxylic acids is 1. The predicted molar refractivity (Wildman–Crippen MR) is 62.6 cm³/mol. The number of rotatable bonds is 4. The standard InChI is InChI=1S/C12H18N2O4/c1-11(2)6-7(11)9(16)14(8(6)15)5-12(3,13-4)10(17)18/h6-7,13H,5H2,1-4H3,(H,17,18). The van der Waals surface area contributed by atoms with Crippen LogP contribution in [0.15, 0.2) is 0 Å². The van der Waals surface area contributed by atoms with Crippen molar-refractivity contribution in [2.45, 2.75) is 26.3 Å². The van der Waals surface area contributed by atoms with Gasteiger partial charge < -0.3 is 10.4 Å². The van der Waals surface area contributed by atoms with Crippen LogP contribution in [0.3, 0.4) is 0 Å². The molecule has 1 aliphatic heterocycles. The van der Waals surface area contributed by atoms with Gasteiger partial charge in [-0.25, -0.2) is 0 Å². The largest absolute Gasteiger partial charge is 0.480 e. The van der Waals surface area contributed by atoms with Crippen molar-refractivity contribution >= 4 is 17.8 Å². The smallest absolute Gasteiger partial charge is 0.325 e. The molecule has 100 valence electrons. The lowest BCUT2D eigenvalue weighted by atomic mass is 10.00. The van der Waals surface area contributed by atoms with Gasteiger partial charge in [0.2, 0.25) is 11.8 Å². The first kappa shape index (κ1) is 13.0. The molecule has 0 spiro atoms. The summed E-state index contributed by atoms with van der Waals surface area (Å²) >= 11 is 0. The van der Waals surface area contributed by atoms with E-state index in [-0.39, 0.29) is 35.6 Å². The Morgan fingerprint density at radius 3 is 2.17 bits per heavy atom. The van der Waals surface area contributed by atoms with Crippen molar-refractivity contribution < 1.29 is 19.5 Å². The molecule has 0 aromatic rings. The van der Waals surface area contributed by atoms with Gasteiger partial charge in [-0.05, 0) is 19.4 Å². The molecule has 6 heteroatoms. The monoisotopic (exact) mass is 254 g/mol. The summed E-state index contributed by atoms with van der Waals surface area (Å²) < 4.78 is 0. The van der Waals surface area contributed by atoms with Crippen LogP contribution in [0.5, 0.6) is 0 Å². The molecule has 0 radical (unpaired) electrons. The summed E-state index contributed by atoms with van der Waals surface area (Å²) in [6, 6.07) is 0. The highest BCUT2D eigenvalue weighted by atomic mass is 16.4. The van der Waals surface area contributed by atoms with Crippen LogP contribution in [0.25, 0.3) is 0 Å². The first-order valence-corrected chi connectivity index (χ1v) is 5.94.